The van der Waals surface area contributed by atoms with Crippen molar-refractivity contribution in [2.24, 2.45) is 5.41 Å². The molecule has 4 nitrogen and oxygen atoms in total. The fraction of sp³-hybridized carbons (Fsp3) is 0.500. The van der Waals surface area contributed by atoms with Gasteiger partial charge in [-0.15, -0.1) is 0 Å². The molecule has 0 aliphatic rings. The maximum atomic E-state index is 11.6. The number of hydrogen-bond donors (Lipinski definition) is 1. The van der Waals surface area contributed by atoms with Gasteiger partial charge in [-0.1, -0.05) is 45.9 Å². The number of aryl methyl sites for hydroxylation is 2. The lowest BCUT2D eigenvalue weighted by Crippen LogP contribution is -2.14. The van der Waals surface area contributed by atoms with Crippen LogP contribution in [0.5, 0.6) is 0 Å². The van der Waals surface area contributed by atoms with Crippen molar-refractivity contribution in [1.29, 1.82) is 0 Å². The normalized spacial score (nSPS) is 13.1. The Balaban J connectivity index is 2.39. The first-order valence-electron chi connectivity index (χ1n) is 8.47. The second-order valence-corrected chi connectivity index (χ2v) is 7.81. The summed E-state index contributed by atoms with van der Waals surface area (Å²) in [6.07, 6.45) is 2.46. The fourth-order valence-corrected chi connectivity index (χ4v) is 2.91. The van der Waals surface area contributed by atoms with E-state index in [0.717, 1.165) is 24.1 Å². The zero-order chi connectivity index (χ0) is 18.1. The van der Waals surface area contributed by atoms with Gasteiger partial charge in [-0.05, 0) is 48.8 Å². The standard InChI is InChI=1S/C20H28N2O2/c1-13-8-7-9-17(14(13)2)15(3)18-21-16(10-11-20(4,5)6)12-22(18)19(23)24/h7-9,12,15H,10-11H2,1-6H3,(H,23,24)/t15-/m0/s1. The molecule has 1 N–H and O–H groups in total. The van der Waals surface area contributed by atoms with Gasteiger partial charge in [0.25, 0.3) is 0 Å². The number of aromatic nitrogens is 2. The van der Waals surface area contributed by atoms with Crippen LogP contribution in [0, 0.1) is 19.3 Å². The van der Waals surface area contributed by atoms with Crippen molar-refractivity contribution in [1.82, 2.24) is 9.55 Å². The van der Waals surface area contributed by atoms with E-state index < -0.39 is 6.09 Å². The minimum Gasteiger partial charge on any atom is -0.464 e. The van der Waals surface area contributed by atoms with Gasteiger partial charge < -0.3 is 5.11 Å². The van der Waals surface area contributed by atoms with Crippen LogP contribution >= 0.6 is 0 Å². The average molecular weight is 328 g/mol. The lowest BCUT2D eigenvalue weighted by atomic mass is 9.90. The summed E-state index contributed by atoms with van der Waals surface area (Å²) in [6.45, 7) is 12.7. The molecule has 24 heavy (non-hydrogen) atoms. The molecule has 0 bridgehead atoms. The largest absolute Gasteiger partial charge is 0.464 e. The van der Waals surface area contributed by atoms with E-state index in [0.29, 0.717) is 5.82 Å². The molecule has 4 heteroatoms. The Morgan fingerprint density at radius 2 is 1.96 bits per heavy atom. The van der Waals surface area contributed by atoms with Crippen molar-refractivity contribution in [3.05, 3.63) is 52.6 Å². The molecule has 1 aromatic heterocycles. The minimum absolute atomic E-state index is 0.0654. The third kappa shape index (κ3) is 4.05. The van der Waals surface area contributed by atoms with E-state index >= 15 is 0 Å². The van der Waals surface area contributed by atoms with Crippen LogP contribution in [0.4, 0.5) is 4.79 Å². The highest BCUT2D eigenvalue weighted by molar-refractivity contribution is 5.69. The van der Waals surface area contributed by atoms with Gasteiger partial charge in [0.1, 0.15) is 5.82 Å². The predicted octanol–water partition coefficient (Wildman–Crippen LogP) is 5.16. The topological polar surface area (TPSA) is 55.1 Å². The molecule has 1 atom stereocenters. The predicted molar refractivity (Wildman–Crippen MR) is 96.9 cm³/mol. The zero-order valence-corrected chi connectivity index (χ0v) is 15.6. The lowest BCUT2D eigenvalue weighted by Gasteiger charge is -2.17. The van der Waals surface area contributed by atoms with E-state index in [2.05, 4.69) is 51.7 Å². The van der Waals surface area contributed by atoms with E-state index in [9.17, 15) is 9.90 Å². The van der Waals surface area contributed by atoms with Crippen LogP contribution < -0.4 is 0 Å². The molecule has 1 heterocycles. The maximum Gasteiger partial charge on any atom is 0.417 e. The van der Waals surface area contributed by atoms with Crippen molar-refractivity contribution in [2.75, 3.05) is 0 Å². The minimum atomic E-state index is -0.975. The second kappa shape index (κ2) is 6.80. The van der Waals surface area contributed by atoms with Gasteiger partial charge >= 0.3 is 6.09 Å². The summed E-state index contributed by atoms with van der Waals surface area (Å²) in [7, 11) is 0. The van der Waals surface area contributed by atoms with Crippen LogP contribution in [0.25, 0.3) is 0 Å². The van der Waals surface area contributed by atoms with Crippen molar-refractivity contribution in [2.45, 2.75) is 60.3 Å². The summed E-state index contributed by atoms with van der Waals surface area (Å²) in [5.74, 6) is 0.532. The van der Waals surface area contributed by atoms with Gasteiger partial charge in [-0.3, -0.25) is 0 Å². The second-order valence-electron chi connectivity index (χ2n) is 7.81. The number of hydrogen-bond acceptors (Lipinski definition) is 2. The Labute approximate surface area is 144 Å². The monoisotopic (exact) mass is 328 g/mol. The summed E-state index contributed by atoms with van der Waals surface area (Å²) in [4.78, 5) is 16.3. The SMILES string of the molecule is Cc1cccc([C@H](C)c2nc(CCC(C)(C)C)cn2C(=O)O)c1C. The molecule has 0 aliphatic heterocycles. The van der Waals surface area contributed by atoms with Crippen LogP contribution in [0.2, 0.25) is 0 Å². The molecule has 0 amide bonds. The van der Waals surface area contributed by atoms with Gasteiger partial charge in [-0.2, -0.15) is 0 Å². The molecule has 2 aromatic rings. The number of carboxylic acid groups (broad SMARTS) is 1. The van der Waals surface area contributed by atoms with Crippen LogP contribution in [-0.4, -0.2) is 20.8 Å². The number of carbonyl (C=O) groups is 1. The summed E-state index contributed by atoms with van der Waals surface area (Å²) in [5, 5.41) is 9.55. The van der Waals surface area contributed by atoms with Crippen molar-refractivity contribution >= 4 is 6.09 Å². The Morgan fingerprint density at radius 1 is 1.29 bits per heavy atom. The zero-order valence-electron chi connectivity index (χ0n) is 15.6. The smallest absolute Gasteiger partial charge is 0.417 e. The van der Waals surface area contributed by atoms with Gasteiger partial charge in [0, 0.05) is 12.1 Å². The molecule has 0 saturated heterocycles. The summed E-state index contributed by atoms with van der Waals surface area (Å²) in [6, 6.07) is 6.15. The highest BCUT2D eigenvalue weighted by atomic mass is 16.4. The highest BCUT2D eigenvalue weighted by Crippen LogP contribution is 2.29. The molecule has 0 spiro atoms. The number of nitrogens with zero attached hydrogens (tertiary/aromatic N) is 2. The third-order valence-electron chi connectivity index (χ3n) is 4.62. The first-order chi connectivity index (χ1) is 11.1. The molecular formula is C20H28N2O2. The molecule has 130 valence electrons. The van der Waals surface area contributed by atoms with Gasteiger partial charge in [-0.25, -0.2) is 14.3 Å². The molecule has 0 radical (unpaired) electrons. The van der Waals surface area contributed by atoms with E-state index in [-0.39, 0.29) is 11.3 Å². The Kier molecular flexibility index (Phi) is 5.16. The Morgan fingerprint density at radius 3 is 2.54 bits per heavy atom. The number of rotatable bonds is 4. The number of imidazole rings is 1. The highest BCUT2D eigenvalue weighted by Gasteiger charge is 2.22. The van der Waals surface area contributed by atoms with Gasteiger partial charge in [0.05, 0.1) is 5.69 Å². The molecule has 0 aliphatic carbocycles. The van der Waals surface area contributed by atoms with Crippen molar-refractivity contribution < 1.29 is 9.90 Å². The first kappa shape index (κ1) is 18.2. The van der Waals surface area contributed by atoms with Crippen LogP contribution in [-0.2, 0) is 6.42 Å². The van der Waals surface area contributed by atoms with Crippen LogP contribution in [0.3, 0.4) is 0 Å². The molecule has 0 saturated carbocycles. The summed E-state index contributed by atoms with van der Waals surface area (Å²) in [5.41, 5.74) is 4.58. The van der Waals surface area contributed by atoms with E-state index in [1.807, 2.05) is 13.0 Å². The van der Waals surface area contributed by atoms with Gasteiger partial charge in [0.15, 0.2) is 0 Å². The Bertz CT molecular complexity index is 739. The van der Waals surface area contributed by atoms with Crippen LogP contribution in [0.1, 0.15) is 68.2 Å². The lowest BCUT2D eigenvalue weighted by molar-refractivity contribution is 0.195. The molecular weight excluding hydrogens is 300 g/mol. The first-order valence-corrected chi connectivity index (χ1v) is 8.47. The fourth-order valence-electron chi connectivity index (χ4n) is 2.91. The Hall–Kier alpha value is -2.10. The van der Waals surface area contributed by atoms with Gasteiger partial charge in [0.2, 0.25) is 0 Å². The molecule has 1 aromatic carbocycles. The maximum absolute atomic E-state index is 11.6. The van der Waals surface area contributed by atoms with E-state index in [1.165, 1.54) is 15.7 Å². The third-order valence-corrected chi connectivity index (χ3v) is 4.62. The summed E-state index contributed by atoms with van der Waals surface area (Å²) >= 11 is 0. The van der Waals surface area contributed by atoms with Crippen molar-refractivity contribution in [3.8, 4) is 0 Å². The van der Waals surface area contributed by atoms with Crippen LogP contribution in [0.15, 0.2) is 24.4 Å². The summed E-state index contributed by atoms with van der Waals surface area (Å²) < 4.78 is 1.28. The molecule has 2 rings (SSSR count). The molecule has 0 unspecified atom stereocenters. The van der Waals surface area contributed by atoms with E-state index in [1.54, 1.807) is 6.20 Å². The molecule has 0 fully saturated rings. The number of benzene rings is 1. The van der Waals surface area contributed by atoms with Crippen molar-refractivity contribution in [3.63, 3.8) is 0 Å². The quantitative estimate of drug-likeness (QED) is 0.843. The van der Waals surface area contributed by atoms with E-state index in [4.69, 9.17) is 0 Å². The average Bonchev–Trinajstić information content (AvgIpc) is 2.91.